The first-order chi connectivity index (χ1) is 19.2. The van der Waals surface area contributed by atoms with Crippen molar-refractivity contribution in [2.45, 2.75) is 62.7 Å². The highest BCUT2D eigenvalue weighted by atomic mass is 35.5. The molecule has 5 rings (SSSR count). The molecule has 0 aromatic heterocycles. The number of ether oxygens (including phenoxy) is 1. The number of rotatable bonds is 8. The van der Waals surface area contributed by atoms with Crippen LogP contribution in [0.1, 0.15) is 62.5 Å². The summed E-state index contributed by atoms with van der Waals surface area (Å²) < 4.78 is 37.7. The van der Waals surface area contributed by atoms with E-state index in [9.17, 15) is 18.0 Å². The number of carbonyl (C=O) groups excluding carboxylic acids is 2. The van der Waals surface area contributed by atoms with Gasteiger partial charge < -0.3 is 13.8 Å². The first kappa shape index (κ1) is 28.2. The molecule has 1 aliphatic heterocycles. The van der Waals surface area contributed by atoms with Gasteiger partial charge in [0.05, 0.1) is 7.11 Å². The number of Topliss-reactive ketones (excluding diaryl/α,β-unsaturated/α-hetero) is 2. The summed E-state index contributed by atoms with van der Waals surface area (Å²) >= 11 is 5.94. The van der Waals surface area contributed by atoms with Gasteiger partial charge in [-0.1, -0.05) is 23.7 Å². The summed E-state index contributed by atoms with van der Waals surface area (Å²) in [6.45, 7) is 6.58. The summed E-state index contributed by atoms with van der Waals surface area (Å²) in [5.41, 5.74) is 4.54. The van der Waals surface area contributed by atoms with Crippen molar-refractivity contribution in [2.24, 2.45) is 0 Å². The van der Waals surface area contributed by atoms with Gasteiger partial charge in [0.25, 0.3) is 0 Å². The largest absolute Gasteiger partial charge is 0.493 e. The Morgan fingerprint density at radius 1 is 1.00 bits per heavy atom. The van der Waals surface area contributed by atoms with Gasteiger partial charge in [-0.25, -0.2) is 0 Å². The lowest BCUT2D eigenvalue weighted by Gasteiger charge is -2.43. The normalized spacial score (nSPS) is 18.0. The molecule has 3 aliphatic rings. The Balaban J connectivity index is 1.69. The lowest BCUT2D eigenvalue weighted by Crippen LogP contribution is -2.39. The van der Waals surface area contributed by atoms with Crippen LogP contribution in [0.2, 0.25) is 5.02 Å². The van der Waals surface area contributed by atoms with Crippen LogP contribution in [0.3, 0.4) is 0 Å². The molecule has 0 fully saturated rings. The predicted molar refractivity (Wildman–Crippen MR) is 153 cm³/mol. The number of halogens is 1. The number of methoxy groups -OCH3 is 1. The Morgan fingerprint density at radius 3 is 2.12 bits per heavy atom. The van der Waals surface area contributed by atoms with Gasteiger partial charge in [0.2, 0.25) is 0 Å². The summed E-state index contributed by atoms with van der Waals surface area (Å²) in [5, 5.41) is 0.402. The van der Waals surface area contributed by atoms with Crippen molar-refractivity contribution in [2.75, 3.05) is 13.7 Å². The molecule has 7 nitrogen and oxygen atoms in total. The molecular weight excluding hydrogens is 550 g/mol. The van der Waals surface area contributed by atoms with Crippen LogP contribution < -0.4 is 8.92 Å². The van der Waals surface area contributed by atoms with E-state index in [0.717, 1.165) is 37.1 Å². The molecular formula is C31H32ClNO6S. The molecule has 0 unspecified atom stereocenters. The number of benzene rings is 2. The lowest BCUT2D eigenvalue weighted by molar-refractivity contribution is -0.117. The number of nitrogens with zero attached hydrogens (tertiary/aromatic N) is 1. The minimum atomic E-state index is -4.21. The molecule has 0 radical (unpaired) electrons. The van der Waals surface area contributed by atoms with Gasteiger partial charge in [-0.2, -0.15) is 8.42 Å². The van der Waals surface area contributed by atoms with Crippen molar-refractivity contribution in [1.29, 1.82) is 0 Å². The fourth-order valence-corrected chi connectivity index (χ4v) is 7.19. The molecule has 40 heavy (non-hydrogen) atoms. The molecule has 0 bridgehead atoms. The summed E-state index contributed by atoms with van der Waals surface area (Å²) in [4.78, 5) is 29.1. The van der Waals surface area contributed by atoms with Gasteiger partial charge in [0.15, 0.2) is 23.1 Å². The van der Waals surface area contributed by atoms with E-state index in [0.29, 0.717) is 46.7 Å². The Labute approximate surface area is 240 Å². The standard InChI is InChI=1S/C31H32ClNO6S/c1-4-8-19-17-20(18-27(38-3)31(19)39-40(36,37)22-15-13-21(32)14-16-22)28-29-23(9-6-11-25(29)34)33(5-2)24-10-7-12-26(35)30(24)28/h4,13-18,28H,1,5-12H2,2-3H3. The minimum Gasteiger partial charge on any atom is -0.493 e. The predicted octanol–water partition coefficient (Wildman–Crippen LogP) is 6.28. The minimum absolute atomic E-state index is 0.0421. The van der Waals surface area contributed by atoms with E-state index in [4.69, 9.17) is 20.5 Å². The highest BCUT2D eigenvalue weighted by Crippen LogP contribution is 2.50. The van der Waals surface area contributed by atoms with Crippen LogP contribution in [-0.2, 0) is 26.1 Å². The lowest BCUT2D eigenvalue weighted by atomic mass is 9.70. The molecule has 2 aromatic carbocycles. The SMILES string of the molecule is C=CCc1cc(C2C3=C(CCCC3=O)N(CC)C3=C2C(=O)CCC3)cc(OC)c1OS(=O)(=O)c1ccc(Cl)cc1. The van der Waals surface area contributed by atoms with Gasteiger partial charge in [0.1, 0.15) is 4.90 Å². The van der Waals surface area contributed by atoms with Crippen LogP contribution in [0.4, 0.5) is 0 Å². The number of hydrogen-bond acceptors (Lipinski definition) is 7. The topological polar surface area (TPSA) is 90.0 Å². The molecule has 9 heteroatoms. The van der Waals surface area contributed by atoms with Crippen LogP contribution in [0.15, 0.2) is 76.5 Å². The zero-order valence-electron chi connectivity index (χ0n) is 22.7. The number of allylic oxidation sites excluding steroid dienone is 5. The maximum absolute atomic E-state index is 13.5. The number of carbonyl (C=O) groups is 2. The van der Waals surface area contributed by atoms with Gasteiger partial charge in [-0.15, -0.1) is 6.58 Å². The molecule has 0 saturated carbocycles. The highest BCUT2D eigenvalue weighted by Gasteiger charge is 2.43. The molecule has 0 atom stereocenters. The third kappa shape index (κ3) is 4.99. The van der Waals surface area contributed by atoms with Crippen molar-refractivity contribution in [3.8, 4) is 11.5 Å². The van der Waals surface area contributed by atoms with Crippen LogP contribution in [0.25, 0.3) is 0 Å². The summed E-state index contributed by atoms with van der Waals surface area (Å²) in [6.07, 6.45) is 5.88. The van der Waals surface area contributed by atoms with Crippen molar-refractivity contribution in [3.63, 3.8) is 0 Å². The molecule has 210 valence electrons. The van der Waals surface area contributed by atoms with E-state index in [2.05, 4.69) is 11.5 Å². The first-order valence-electron chi connectivity index (χ1n) is 13.5. The first-order valence-corrected chi connectivity index (χ1v) is 15.3. The monoisotopic (exact) mass is 581 g/mol. The van der Waals surface area contributed by atoms with Crippen LogP contribution >= 0.6 is 11.6 Å². The molecule has 0 spiro atoms. The molecule has 2 aromatic rings. The molecule has 0 N–H and O–H groups in total. The van der Waals surface area contributed by atoms with Crippen LogP contribution in [0.5, 0.6) is 11.5 Å². The second-order valence-corrected chi connectivity index (χ2v) is 12.1. The average Bonchev–Trinajstić information content (AvgIpc) is 2.93. The second-order valence-electron chi connectivity index (χ2n) is 10.1. The van der Waals surface area contributed by atoms with Crippen molar-refractivity contribution in [3.05, 3.63) is 87.7 Å². The number of hydrogen-bond donors (Lipinski definition) is 0. The Hall–Kier alpha value is -3.36. The fourth-order valence-electron chi connectivity index (χ4n) is 6.09. The van der Waals surface area contributed by atoms with Crippen molar-refractivity contribution < 1.29 is 26.9 Å². The number of ketones is 2. The van der Waals surface area contributed by atoms with Crippen LogP contribution in [0, 0.1) is 0 Å². The molecule has 0 amide bonds. The van der Waals surface area contributed by atoms with E-state index in [1.165, 1.54) is 31.4 Å². The van der Waals surface area contributed by atoms with E-state index in [1.807, 2.05) is 13.0 Å². The Kier molecular flexibility index (Phi) is 7.93. The van der Waals surface area contributed by atoms with Gasteiger partial charge in [-0.05, 0) is 74.9 Å². The second kappa shape index (κ2) is 11.3. The van der Waals surface area contributed by atoms with Gasteiger partial charge >= 0.3 is 10.1 Å². The maximum atomic E-state index is 13.5. The zero-order chi connectivity index (χ0) is 28.6. The van der Waals surface area contributed by atoms with E-state index in [1.54, 1.807) is 12.1 Å². The van der Waals surface area contributed by atoms with E-state index >= 15 is 0 Å². The van der Waals surface area contributed by atoms with Crippen molar-refractivity contribution in [1.82, 2.24) is 4.90 Å². The smallest absolute Gasteiger partial charge is 0.339 e. The fraction of sp³-hybridized carbons (Fsp3) is 0.355. The third-order valence-corrected chi connectivity index (χ3v) is 9.26. The summed E-state index contributed by atoms with van der Waals surface area (Å²) in [6, 6.07) is 9.22. The van der Waals surface area contributed by atoms with Crippen molar-refractivity contribution >= 4 is 33.3 Å². The quantitative estimate of drug-likeness (QED) is 0.268. The summed E-state index contributed by atoms with van der Waals surface area (Å²) in [5.74, 6) is -0.220. The summed E-state index contributed by atoms with van der Waals surface area (Å²) in [7, 11) is -2.78. The molecule has 1 heterocycles. The zero-order valence-corrected chi connectivity index (χ0v) is 24.2. The van der Waals surface area contributed by atoms with Crippen LogP contribution in [-0.4, -0.2) is 38.5 Å². The maximum Gasteiger partial charge on any atom is 0.339 e. The Bertz CT molecular complexity index is 1510. The average molecular weight is 582 g/mol. The molecule has 0 saturated heterocycles. The van der Waals surface area contributed by atoms with E-state index < -0.39 is 16.0 Å². The van der Waals surface area contributed by atoms with Gasteiger partial charge in [-0.3, -0.25) is 9.59 Å². The third-order valence-electron chi connectivity index (χ3n) is 7.77. The molecule has 2 aliphatic carbocycles. The highest BCUT2D eigenvalue weighted by molar-refractivity contribution is 7.87. The Morgan fingerprint density at radius 2 is 1.60 bits per heavy atom. The van der Waals surface area contributed by atoms with Gasteiger partial charge in [0, 0.05) is 58.4 Å². The van der Waals surface area contributed by atoms with E-state index in [-0.39, 0.29) is 34.4 Å².